The van der Waals surface area contributed by atoms with Gasteiger partial charge in [-0.05, 0) is 12.2 Å². The first-order valence-corrected chi connectivity index (χ1v) is 5.82. The van der Waals surface area contributed by atoms with Crippen LogP contribution in [0.3, 0.4) is 0 Å². The highest BCUT2D eigenvalue weighted by atomic mass is 32.2. The molecule has 0 aliphatic carbocycles. The number of carbonyl (C=O) groups is 2. The Balaban J connectivity index is 3.47. The molecule has 0 heterocycles. The van der Waals surface area contributed by atoms with Gasteiger partial charge in [-0.25, -0.2) is 4.79 Å². The van der Waals surface area contributed by atoms with Crippen molar-refractivity contribution >= 4 is 23.5 Å². The van der Waals surface area contributed by atoms with Crippen LogP contribution in [0, 0.1) is 0 Å². The van der Waals surface area contributed by atoms with E-state index in [0.29, 0.717) is 6.61 Å². The van der Waals surface area contributed by atoms with E-state index < -0.39 is 11.8 Å². The monoisotopic (exact) mass is 220 g/mol. The number of Topliss-reactive ketones (excluding diaryl/α,β-unsaturated/α-hetero) is 1. The predicted octanol–water partition coefficient (Wildman–Crippen LogP) is 1.58. The van der Waals surface area contributed by atoms with Crippen molar-refractivity contribution in [3.05, 3.63) is 0 Å². The van der Waals surface area contributed by atoms with E-state index in [4.69, 9.17) is 0 Å². The fourth-order valence-electron chi connectivity index (χ4n) is 0.599. The van der Waals surface area contributed by atoms with Crippen LogP contribution in [-0.4, -0.2) is 29.9 Å². The maximum atomic E-state index is 11.0. The first kappa shape index (κ1) is 13.4. The molecule has 0 spiro atoms. The first-order chi connectivity index (χ1) is 6.72. The average Bonchev–Trinajstić information content (AvgIpc) is 2.20. The van der Waals surface area contributed by atoms with Gasteiger partial charge in [-0.15, -0.1) is 0 Å². The van der Waals surface area contributed by atoms with Gasteiger partial charge in [0.1, 0.15) is 0 Å². The third-order valence-corrected chi connectivity index (χ3v) is 2.26. The molecule has 0 atom stereocenters. The summed E-state index contributed by atoms with van der Waals surface area (Å²) in [6.07, 6.45) is 1.77. The molecular weight excluding hydrogens is 204 g/mol. The Hall–Kier alpha value is -0.550. The van der Waals surface area contributed by atoms with Gasteiger partial charge in [0.05, 0.1) is 12.4 Å². The number of hydrogen-bond donors (Lipinski definition) is 0. The van der Waals surface area contributed by atoms with Crippen LogP contribution in [0.4, 0.5) is 0 Å². The lowest BCUT2D eigenvalue weighted by molar-refractivity contribution is -0.269. The van der Waals surface area contributed by atoms with E-state index >= 15 is 0 Å². The van der Waals surface area contributed by atoms with Gasteiger partial charge in [-0.1, -0.05) is 20.3 Å². The Bertz CT molecular complexity index is 182. The summed E-state index contributed by atoms with van der Waals surface area (Å²) in [5.74, 6) is -0.488. The number of hydrogen-bond acceptors (Lipinski definition) is 5. The van der Waals surface area contributed by atoms with Crippen molar-refractivity contribution < 1.29 is 19.4 Å². The highest BCUT2D eigenvalue weighted by Gasteiger charge is 2.15. The van der Waals surface area contributed by atoms with Crippen molar-refractivity contribution in [1.82, 2.24) is 0 Å². The summed E-state index contributed by atoms with van der Waals surface area (Å²) in [5.41, 5.74) is 0. The number of rotatable bonds is 8. The van der Waals surface area contributed by atoms with Crippen LogP contribution in [0.25, 0.3) is 0 Å². The van der Waals surface area contributed by atoms with Crippen LogP contribution in [0.2, 0.25) is 0 Å². The Morgan fingerprint density at radius 3 is 2.57 bits per heavy atom. The summed E-state index contributed by atoms with van der Waals surface area (Å²) < 4.78 is 0. The van der Waals surface area contributed by atoms with Crippen molar-refractivity contribution in [2.24, 2.45) is 0 Å². The molecule has 0 radical (unpaired) electrons. The molecule has 0 amide bonds. The lowest BCUT2D eigenvalue weighted by Gasteiger charge is -2.01. The van der Waals surface area contributed by atoms with Gasteiger partial charge in [0, 0.05) is 0 Å². The van der Waals surface area contributed by atoms with Gasteiger partial charge in [-0.3, -0.25) is 9.68 Å². The Labute approximate surface area is 88.3 Å². The van der Waals surface area contributed by atoms with Crippen LogP contribution in [-0.2, 0) is 19.4 Å². The number of unbranched alkanes of at least 4 members (excludes halogenated alkanes) is 1. The molecule has 82 valence electrons. The number of carbonyl (C=O) groups excluding carboxylic acids is 2. The molecule has 0 aliphatic rings. The quantitative estimate of drug-likeness (QED) is 0.269. The summed E-state index contributed by atoms with van der Waals surface area (Å²) in [4.78, 5) is 30.8. The van der Waals surface area contributed by atoms with Gasteiger partial charge in [0.25, 0.3) is 5.78 Å². The van der Waals surface area contributed by atoms with Crippen LogP contribution in [0.1, 0.15) is 26.7 Å². The largest absolute Gasteiger partial charge is 0.409 e. The smallest absolute Gasteiger partial charge is 0.289 e. The third-order valence-electron chi connectivity index (χ3n) is 1.38. The lowest BCUT2D eigenvalue weighted by atomic mass is 10.4. The molecule has 14 heavy (non-hydrogen) atoms. The van der Waals surface area contributed by atoms with Crippen molar-refractivity contribution in [3.63, 3.8) is 0 Å². The molecule has 0 rings (SSSR count). The summed E-state index contributed by atoms with van der Waals surface area (Å²) >= 11 is 1.38. The molecule has 0 N–H and O–H groups in total. The van der Waals surface area contributed by atoms with Gasteiger partial charge >= 0.3 is 5.97 Å². The summed E-state index contributed by atoms with van der Waals surface area (Å²) in [6, 6.07) is 0. The Morgan fingerprint density at radius 2 is 2.00 bits per heavy atom. The van der Waals surface area contributed by atoms with E-state index in [2.05, 4.69) is 9.78 Å². The highest BCUT2D eigenvalue weighted by molar-refractivity contribution is 8.00. The molecule has 0 fully saturated rings. The zero-order valence-electron chi connectivity index (χ0n) is 8.58. The molecule has 4 nitrogen and oxygen atoms in total. The predicted molar refractivity (Wildman–Crippen MR) is 55.0 cm³/mol. The number of thioether (sulfide) groups is 1. The second-order valence-corrected chi connectivity index (χ2v) is 3.88. The SMILES string of the molecule is CCCCOOC(=O)C(=O)CSCC. The van der Waals surface area contributed by atoms with Gasteiger partial charge in [0.15, 0.2) is 0 Å². The summed E-state index contributed by atoms with van der Waals surface area (Å²) in [6.45, 7) is 4.26. The normalized spacial score (nSPS) is 9.86. The first-order valence-electron chi connectivity index (χ1n) is 4.66. The minimum atomic E-state index is -0.901. The van der Waals surface area contributed by atoms with Gasteiger partial charge in [0.2, 0.25) is 0 Å². The molecule has 0 aromatic carbocycles. The second kappa shape index (κ2) is 9.02. The molecule has 0 aromatic heterocycles. The summed E-state index contributed by atoms with van der Waals surface area (Å²) in [5, 5.41) is 0. The number of ketones is 1. The van der Waals surface area contributed by atoms with Gasteiger partial charge < -0.3 is 0 Å². The standard InChI is InChI=1S/C9H16O4S/c1-3-5-6-12-13-9(11)8(10)7-14-4-2/h3-7H2,1-2H3. The van der Waals surface area contributed by atoms with Crippen molar-refractivity contribution in [2.45, 2.75) is 26.7 Å². The minimum Gasteiger partial charge on any atom is -0.289 e. The van der Waals surface area contributed by atoms with Crippen LogP contribution >= 0.6 is 11.8 Å². The maximum Gasteiger partial charge on any atom is 0.409 e. The molecule has 0 saturated carbocycles. The highest BCUT2D eigenvalue weighted by Crippen LogP contribution is 1.99. The van der Waals surface area contributed by atoms with E-state index in [-0.39, 0.29) is 5.75 Å². The van der Waals surface area contributed by atoms with Crippen molar-refractivity contribution in [3.8, 4) is 0 Å². The topological polar surface area (TPSA) is 52.6 Å². The van der Waals surface area contributed by atoms with Crippen molar-refractivity contribution in [2.75, 3.05) is 18.1 Å². The Kier molecular flexibility index (Phi) is 8.67. The molecule has 0 unspecified atom stereocenters. The molecule has 0 aliphatic heterocycles. The third kappa shape index (κ3) is 6.91. The fourth-order valence-corrected chi connectivity index (χ4v) is 1.11. The fraction of sp³-hybridized carbons (Fsp3) is 0.778. The molecule has 5 heteroatoms. The Morgan fingerprint density at radius 1 is 1.29 bits per heavy atom. The van der Waals surface area contributed by atoms with E-state index in [1.807, 2.05) is 13.8 Å². The lowest BCUT2D eigenvalue weighted by Crippen LogP contribution is -2.20. The average molecular weight is 220 g/mol. The van der Waals surface area contributed by atoms with Crippen LogP contribution in [0.5, 0.6) is 0 Å². The van der Waals surface area contributed by atoms with Crippen LogP contribution < -0.4 is 0 Å². The van der Waals surface area contributed by atoms with E-state index in [1.165, 1.54) is 11.8 Å². The van der Waals surface area contributed by atoms with E-state index in [9.17, 15) is 9.59 Å². The van der Waals surface area contributed by atoms with E-state index in [1.54, 1.807) is 0 Å². The molecular formula is C9H16O4S. The molecule has 0 bridgehead atoms. The maximum absolute atomic E-state index is 11.0. The van der Waals surface area contributed by atoms with E-state index in [0.717, 1.165) is 18.6 Å². The van der Waals surface area contributed by atoms with Gasteiger partial charge in [-0.2, -0.15) is 16.6 Å². The molecule has 0 aromatic rings. The second-order valence-electron chi connectivity index (χ2n) is 2.61. The van der Waals surface area contributed by atoms with Crippen molar-refractivity contribution in [1.29, 1.82) is 0 Å². The molecule has 0 saturated heterocycles. The van der Waals surface area contributed by atoms with Crippen LogP contribution in [0.15, 0.2) is 0 Å². The zero-order valence-corrected chi connectivity index (χ0v) is 9.39. The summed E-state index contributed by atoms with van der Waals surface area (Å²) in [7, 11) is 0. The minimum absolute atomic E-state index is 0.159. The zero-order chi connectivity index (χ0) is 10.8.